The second kappa shape index (κ2) is 4.87. The van der Waals surface area contributed by atoms with Crippen LogP contribution in [-0.2, 0) is 9.53 Å². The van der Waals surface area contributed by atoms with Crippen molar-refractivity contribution in [1.82, 2.24) is 0 Å². The maximum absolute atomic E-state index is 10.4. The summed E-state index contributed by atoms with van der Waals surface area (Å²) in [5.41, 5.74) is 0. The van der Waals surface area contributed by atoms with E-state index in [1.54, 1.807) is 0 Å². The average Bonchev–Trinajstić information content (AvgIpc) is 1.96. The molecule has 5 heteroatoms. The third-order valence-electron chi connectivity index (χ3n) is 1.07. The summed E-state index contributed by atoms with van der Waals surface area (Å²) in [6, 6.07) is 0. The molecule has 0 aromatic rings. The van der Waals surface area contributed by atoms with Crippen LogP contribution >= 0.6 is 0 Å². The summed E-state index contributed by atoms with van der Waals surface area (Å²) in [6.07, 6.45) is 0.907. The van der Waals surface area contributed by atoms with Crippen molar-refractivity contribution in [1.29, 1.82) is 0 Å². The molecule has 0 aliphatic rings. The summed E-state index contributed by atoms with van der Waals surface area (Å²) in [5, 5.41) is 25.2. The van der Waals surface area contributed by atoms with Gasteiger partial charge in [0.05, 0.1) is 6.61 Å². The molecule has 0 heterocycles. The molecule has 5 nitrogen and oxygen atoms in total. The molecule has 0 rings (SSSR count). The average molecular weight is 176 g/mol. The maximum Gasteiger partial charge on any atom is 0.330 e. The summed E-state index contributed by atoms with van der Waals surface area (Å²) in [7, 11) is 0. The van der Waals surface area contributed by atoms with Gasteiger partial charge in [-0.1, -0.05) is 6.58 Å². The van der Waals surface area contributed by atoms with Crippen LogP contribution in [0.2, 0.25) is 0 Å². The van der Waals surface area contributed by atoms with Gasteiger partial charge < -0.3 is 20.1 Å². The van der Waals surface area contributed by atoms with E-state index in [0.29, 0.717) is 0 Å². The predicted octanol–water partition coefficient (Wildman–Crippen LogP) is -0.873. The first-order valence-electron chi connectivity index (χ1n) is 3.42. The molecular formula is C7H12O5. The molecule has 0 amide bonds. The van der Waals surface area contributed by atoms with Crippen molar-refractivity contribution in [3.8, 4) is 0 Å². The van der Waals surface area contributed by atoms with Gasteiger partial charge in [0.1, 0.15) is 0 Å². The van der Waals surface area contributed by atoms with Crippen LogP contribution in [0.15, 0.2) is 12.7 Å². The number of aliphatic hydroxyl groups is 3. The quantitative estimate of drug-likeness (QED) is 0.219. The van der Waals surface area contributed by atoms with E-state index in [9.17, 15) is 4.79 Å². The largest absolute Gasteiger partial charge is 0.463 e. The first-order valence-corrected chi connectivity index (χ1v) is 3.42. The van der Waals surface area contributed by atoms with E-state index in [4.69, 9.17) is 15.3 Å². The molecule has 0 radical (unpaired) electrons. The summed E-state index contributed by atoms with van der Waals surface area (Å²) >= 11 is 0. The summed E-state index contributed by atoms with van der Waals surface area (Å²) in [4.78, 5) is 10.4. The lowest BCUT2D eigenvalue weighted by Gasteiger charge is -2.12. The predicted molar refractivity (Wildman–Crippen MR) is 39.8 cm³/mol. The second-order valence-electron chi connectivity index (χ2n) is 2.25. The number of hydrogen-bond acceptors (Lipinski definition) is 5. The minimum atomic E-state index is -2.68. The summed E-state index contributed by atoms with van der Waals surface area (Å²) in [5.74, 6) is -3.25. The van der Waals surface area contributed by atoms with Gasteiger partial charge >= 0.3 is 5.97 Å². The fourth-order valence-electron chi connectivity index (χ4n) is 0.541. The van der Waals surface area contributed by atoms with Crippen molar-refractivity contribution in [3.05, 3.63) is 12.7 Å². The molecule has 0 spiro atoms. The van der Waals surface area contributed by atoms with Crippen LogP contribution in [0.3, 0.4) is 0 Å². The van der Waals surface area contributed by atoms with Crippen LogP contribution in [0.5, 0.6) is 0 Å². The van der Waals surface area contributed by atoms with Crippen LogP contribution in [0.4, 0.5) is 0 Å². The zero-order valence-corrected chi connectivity index (χ0v) is 6.56. The number of carbonyl (C=O) groups excluding carboxylic acids is 1. The highest BCUT2D eigenvalue weighted by Gasteiger charge is 2.16. The molecular weight excluding hydrogens is 164 g/mol. The molecule has 0 bridgehead atoms. The van der Waals surface area contributed by atoms with E-state index < -0.39 is 11.9 Å². The van der Waals surface area contributed by atoms with Crippen molar-refractivity contribution in [2.75, 3.05) is 6.61 Å². The Morgan fingerprint density at radius 3 is 2.50 bits per heavy atom. The van der Waals surface area contributed by atoms with Gasteiger partial charge in [-0.25, -0.2) is 4.79 Å². The number of ether oxygens (including phenoxy) is 1. The molecule has 0 fully saturated rings. The maximum atomic E-state index is 10.4. The van der Waals surface area contributed by atoms with Crippen LogP contribution in [0.1, 0.15) is 12.8 Å². The van der Waals surface area contributed by atoms with Gasteiger partial charge in [0, 0.05) is 12.5 Å². The lowest BCUT2D eigenvalue weighted by atomic mass is 10.3. The molecule has 0 atom stereocenters. The Balaban J connectivity index is 3.34. The van der Waals surface area contributed by atoms with E-state index in [0.717, 1.165) is 6.08 Å². The van der Waals surface area contributed by atoms with Crippen molar-refractivity contribution < 1.29 is 24.9 Å². The number of rotatable bonds is 5. The molecule has 0 aliphatic carbocycles. The normalized spacial score (nSPS) is 10.9. The van der Waals surface area contributed by atoms with E-state index in [1.807, 2.05) is 0 Å². The second-order valence-corrected chi connectivity index (χ2v) is 2.25. The number of hydrogen-bond donors (Lipinski definition) is 3. The first kappa shape index (κ1) is 11.1. The van der Waals surface area contributed by atoms with Crippen molar-refractivity contribution >= 4 is 5.97 Å². The fraction of sp³-hybridized carbons (Fsp3) is 0.571. The van der Waals surface area contributed by atoms with Gasteiger partial charge in [0.15, 0.2) is 0 Å². The monoisotopic (exact) mass is 176 g/mol. The van der Waals surface area contributed by atoms with Gasteiger partial charge in [-0.15, -0.1) is 0 Å². The topological polar surface area (TPSA) is 87.0 Å². The van der Waals surface area contributed by atoms with Gasteiger partial charge in [0.2, 0.25) is 0 Å². The van der Waals surface area contributed by atoms with Gasteiger partial charge in [0.25, 0.3) is 5.97 Å². The Labute approximate surface area is 69.9 Å². The van der Waals surface area contributed by atoms with Crippen LogP contribution in [0.25, 0.3) is 0 Å². The summed E-state index contributed by atoms with van der Waals surface area (Å²) < 4.78 is 4.50. The Morgan fingerprint density at radius 1 is 1.50 bits per heavy atom. The molecule has 12 heavy (non-hydrogen) atoms. The molecule has 0 aromatic carbocycles. The standard InChI is InChI=1S/C7H12O5/c1-2-6(8)12-5-3-4-7(9,10)11/h2,9-11H,1,3-5H2. The fourth-order valence-corrected chi connectivity index (χ4v) is 0.541. The van der Waals surface area contributed by atoms with Gasteiger partial charge in [-0.05, 0) is 6.42 Å². The van der Waals surface area contributed by atoms with E-state index >= 15 is 0 Å². The molecule has 0 saturated heterocycles. The Kier molecular flexibility index (Phi) is 4.50. The lowest BCUT2D eigenvalue weighted by Crippen LogP contribution is -2.27. The minimum Gasteiger partial charge on any atom is -0.463 e. The van der Waals surface area contributed by atoms with Crippen LogP contribution in [0, 0.1) is 0 Å². The Hall–Kier alpha value is -0.910. The van der Waals surface area contributed by atoms with Crippen molar-refractivity contribution in [2.45, 2.75) is 18.8 Å². The minimum absolute atomic E-state index is 0.0221. The Morgan fingerprint density at radius 2 is 2.08 bits per heavy atom. The van der Waals surface area contributed by atoms with Crippen molar-refractivity contribution in [3.63, 3.8) is 0 Å². The smallest absolute Gasteiger partial charge is 0.330 e. The highest BCUT2D eigenvalue weighted by molar-refractivity contribution is 5.81. The molecule has 70 valence electrons. The third kappa shape index (κ3) is 7.20. The van der Waals surface area contributed by atoms with Crippen molar-refractivity contribution in [2.24, 2.45) is 0 Å². The van der Waals surface area contributed by atoms with Gasteiger partial charge in [-0.2, -0.15) is 0 Å². The molecule has 3 N–H and O–H groups in total. The van der Waals surface area contributed by atoms with E-state index in [2.05, 4.69) is 11.3 Å². The molecule has 0 aromatic heterocycles. The molecule has 0 unspecified atom stereocenters. The zero-order valence-electron chi connectivity index (χ0n) is 6.56. The van der Waals surface area contributed by atoms with Crippen LogP contribution < -0.4 is 0 Å². The SMILES string of the molecule is C=CC(=O)OCCCC(O)(O)O. The van der Waals surface area contributed by atoms with E-state index in [-0.39, 0.29) is 19.4 Å². The molecule has 0 aliphatic heterocycles. The van der Waals surface area contributed by atoms with Crippen LogP contribution in [-0.4, -0.2) is 33.9 Å². The highest BCUT2D eigenvalue weighted by atomic mass is 16.7. The van der Waals surface area contributed by atoms with Gasteiger partial charge in [-0.3, -0.25) is 0 Å². The number of esters is 1. The highest BCUT2D eigenvalue weighted by Crippen LogP contribution is 2.03. The Bertz CT molecular complexity index is 158. The third-order valence-corrected chi connectivity index (χ3v) is 1.07. The first-order chi connectivity index (χ1) is 5.45. The number of carbonyl (C=O) groups is 1. The zero-order chi connectivity index (χ0) is 9.61. The molecule has 0 saturated carbocycles. The summed E-state index contributed by atoms with van der Waals surface area (Å²) in [6.45, 7) is 3.19. The lowest BCUT2D eigenvalue weighted by molar-refractivity contribution is -0.315. The van der Waals surface area contributed by atoms with E-state index in [1.165, 1.54) is 0 Å².